The van der Waals surface area contributed by atoms with E-state index in [0.717, 1.165) is 10.5 Å². The van der Waals surface area contributed by atoms with Gasteiger partial charge in [-0.1, -0.05) is 17.7 Å². The predicted molar refractivity (Wildman–Crippen MR) is 71.8 cm³/mol. The van der Waals surface area contributed by atoms with E-state index in [2.05, 4.69) is 0 Å². The molecular weight excluding hydrogens is 276 g/mol. The molecule has 1 nitrogen and oxygen atoms in total. The molecule has 18 heavy (non-hydrogen) atoms. The van der Waals surface area contributed by atoms with E-state index in [1.165, 1.54) is 30.0 Å². The minimum absolute atomic E-state index is 0.0974. The van der Waals surface area contributed by atoms with E-state index in [9.17, 15) is 8.78 Å². The van der Waals surface area contributed by atoms with Gasteiger partial charge in [0.15, 0.2) is 0 Å². The number of anilines is 1. The molecule has 0 radical (unpaired) electrons. The summed E-state index contributed by atoms with van der Waals surface area (Å²) < 4.78 is 25.8. The number of rotatable bonds is 3. The fourth-order valence-corrected chi connectivity index (χ4v) is 2.54. The van der Waals surface area contributed by atoms with Crippen LogP contribution in [-0.4, -0.2) is 0 Å². The van der Waals surface area contributed by atoms with E-state index in [0.29, 0.717) is 11.4 Å². The molecule has 2 rings (SSSR count). The van der Waals surface area contributed by atoms with Crippen molar-refractivity contribution in [2.75, 3.05) is 5.73 Å². The highest BCUT2D eigenvalue weighted by molar-refractivity contribution is 7.98. The van der Waals surface area contributed by atoms with Crippen LogP contribution in [0.25, 0.3) is 0 Å². The van der Waals surface area contributed by atoms with Gasteiger partial charge in [-0.15, -0.1) is 11.8 Å². The lowest BCUT2D eigenvalue weighted by atomic mass is 10.2. The van der Waals surface area contributed by atoms with E-state index in [1.54, 1.807) is 18.2 Å². The van der Waals surface area contributed by atoms with Crippen molar-refractivity contribution < 1.29 is 8.78 Å². The summed E-state index contributed by atoms with van der Waals surface area (Å²) in [6.07, 6.45) is 0. The lowest BCUT2D eigenvalue weighted by Crippen LogP contribution is -1.90. The molecule has 2 aromatic carbocycles. The highest BCUT2D eigenvalue weighted by Gasteiger charge is 2.04. The van der Waals surface area contributed by atoms with Crippen LogP contribution in [0.4, 0.5) is 14.5 Å². The number of benzene rings is 2. The molecule has 2 N–H and O–H groups in total. The van der Waals surface area contributed by atoms with Gasteiger partial charge < -0.3 is 5.73 Å². The monoisotopic (exact) mass is 285 g/mol. The third kappa shape index (κ3) is 3.15. The summed E-state index contributed by atoms with van der Waals surface area (Å²) in [5.74, 6) is -0.205. The van der Waals surface area contributed by atoms with Gasteiger partial charge in [-0.05, 0) is 35.9 Å². The van der Waals surface area contributed by atoms with Gasteiger partial charge in [0.1, 0.15) is 11.6 Å². The van der Waals surface area contributed by atoms with E-state index >= 15 is 0 Å². The maximum absolute atomic E-state index is 13.0. The van der Waals surface area contributed by atoms with Gasteiger partial charge in [-0.25, -0.2) is 8.78 Å². The largest absolute Gasteiger partial charge is 0.398 e. The maximum atomic E-state index is 13.0. The molecule has 0 aliphatic carbocycles. The van der Waals surface area contributed by atoms with Crippen LogP contribution in [0.3, 0.4) is 0 Å². The first-order chi connectivity index (χ1) is 8.56. The van der Waals surface area contributed by atoms with Crippen molar-refractivity contribution in [1.29, 1.82) is 0 Å². The SMILES string of the molecule is Nc1cc(F)ccc1SCc1ccc(F)c(Cl)c1. The summed E-state index contributed by atoms with van der Waals surface area (Å²) in [6, 6.07) is 8.82. The maximum Gasteiger partial charge on any atom is 0.141 e. The standard InChI is InChI=1S/C13H10ClF2NS/c14-10-5-8(1-3-11(10)16)7-18-13-4-2-9(15)6-12(13)17/h1-6H,7,17H2. The van der Waals surface area contributed by atoms with Crippen LogP contribution in [0, 0.1) is 11.6 Å². The van der Waals surface area contributed by atoms with Crippen molar-refractivity contribution in [2.24, 2.45) is 0 Å². The summed E-state index contributed by atoms with van der Waals surface area (Å²) in [7, 11) is 0. The number of halogens is 3. The van der Waals surface area contributed by atoms with Gasteiger partial charge in [0.25, 0.3) is 0 Å². The highest BCUT2D eigenvalue weighted by Crippen LogP contribution is 2.29. The smallest absolute Gasteiger partial charge is 0.141 e. The fourth-order valence-electron chi connectivity index (χ4n) is 1.44. The number of nitrogen functional groups attached to an aromatic ring is 1. The Morgan fingerprint density at radius 3 is 2.56 bits per heavy atom. The van der Waals surface area contributed by atoms with E-state index < -0.39 is 5.82 Å². The van der Waals surface area contributed by atoms with Gasteiger partial charge in [-0.3, -0.25) is 0 Å². The molecule has 0 saturated heterocycles. The summed E-state index contributed by atoms with van der Waals surface area (Å²) in [4.78, 5) is 0.789. The van der Waals surface area contributed by atoms with Crippen LogP contribution in [0.2, 0.25) is 5.02 Å². The van der Waals surface area contributed by atoms with Gasteiger partial charge in [-0.2, -0.15) is 0 Å². The average molecular weight is 286 g/mol. The molecule has 0 amide bonds. The number of nitrogens with two attached hydrogens (primary N) is 1. The Balaban J connectivity index is 2.09. The Morgan fingerprint density at radius 2 is 1.89 bits per heavy atom. The molecule has 0 aromatic heterocycles. The van der Waals surface area contributed by atoms with Gasteiger partial charge in [0.05, 0.1) is 5.02 Å². The summed E-state index contributed by atoms with van der Waals surface area (Å²) in [6.45, 7) is 0. The third-order valence-electron chi connectivity index (χ3n) is 2.35. The first-order valence-electron chi connectivity index (χ1n) is 5.18. The van der Waals surface area contributed by atoms with Crippen LogP contribution in [0.5, 0.6) is 0 Å². The second-order valence-corrected chi connectivity index (χ2v) is 5.14. The van der Waals surface area contributed by atoms with E-state index in [4.69, 9.17) is 17.3 Å². The summed E-state index contributed by atoms with van der Waals surface area (Å²) in [5.41, 5.74) is 6.97. The Bertz CT molecular complexity index is 575. The predicted octanol–water partition coefficient (Wildman–Crippen LogP) is 4.49. The summed E-state index contributed by atoms with van der Waals surface area (Å²) in [5, 5.41) is 0.0974. The van der Waals surface area contributed by atoms with Crippen molar-refractivity contribution in [1.82, 2.24) is 0 Å². The van der Waals surface area contributed by atoms with Crippen molar-refractivity contribution in [3.05, 3.63) is 58.6 Å². The zero-order chi connectivity index (χ0) is 13.1. The minimum atomic E-state index is -0.438. The van der Waals surface area contributed by atoms with Crippen LogP contribution < -0.4 is 5.73 Å². The number of hydrogen-bond acceptors (Lipinski definition) is 2. The third-order valence-corrected chi connectivity index (χ3v) is 3.80. The molecule has 0 bridgehead atoms. The van der Waals surface area contributed by atoms with E-state index in [-0.39, 0.29) is 10.8 Å². The second kappa shape index (κ2) is 5.59. The Labute approximate surface area is 113 Å². The quantitative estimate of drug-likeness (QED) is 0.664. The van der Waals surface area contributed by atoms with Crippen LogP contribution in [0.15, 0.2) is 41.3 Å². The number of hydrogen-bond donors (Lipinski definition) is 1. The van der Waals surface area contributed by atoms with Crippen molar-refractivity contribution in [3.8, 4) is 0 Å². The van der Waals surface area contributed by atoms with Gasteiger partial charge >= 0.3 is 0 Å². The lowest BCUT2D eigenvalue weighted by molar-refractivity contribution is 0.627. The topological polar surface area (TPSA) is 26.0 Å². The minimum Gasteiger partial charge on any atom is -0.398 e. The highest BCUT2D eigenvalue weighted by atomic mass is 35.5. The summed E-state index contributed by atoms with van der Waals surface area (Å²) >= 11 is 7.14. The molecule has 94 valence electrons. The molecular formula is C13H10ClF2NS. The number of thioether (sulfide) groups is 1. The molecule has 0 aliphatic heterocycles. The Morgan fingerprint density at radius 1 is 1.11 bits per heavy atom. The Hall–Kier alpha value is -1.26. The van der Waals surface area contributed by atoms with Crippen LogP contribution in [-0.2, 0) is 5.75 Å². The molecule has 0 aliphatic rings. The average Bonchev–Trinajstić information content (AvgIpc) is 2.32. The molecule has 0 spiro atoms. The zero-order valence-corrected chi connectivity index (χ0v) is 10.9. The molecule has 2 aromatic rings. The molecule has 0 heterocycles. The molecule has 0 atom stereocenters. The van der Waals surface area contributed by atoms with Crippen molar-refractivity contribution >= 4 is 29.1 Å². The fraction of sp³-hybridized carbons (Fsp3) is 0.0769. The molecule has 5 heteroatoms. The normalized spacial score (nSPS) is 10.6. The van der Waals surface area contributed by atoms with Crippen molar-refractivity contribution in [3.63, 3.8) is 0 Å². The van der Waals surface area contributed by atoms with Crippen LogP contribution in [0.1, 0.15) is 5.56 Å². The second-order valence-electron chi connectivity index (χ2n) is 3.72. The first-order valence-corrected chi connectivity index (χ1v) is 6.54. The lowest BCUT2D eigenvalue weighted by Gasteiger charge is -2.06. The van der Waals surface area contributed by atoms with Gasteiger partial charge in [0.2, 0.25) is 0 Å². The van der Waals surface area contributed by atoms with Crippen LogP contribution >= 0.6 is 23.4 Å². The first kappa shape index (κ1) is 13.2. The van der Waals surface area contributed by atoms with E-state index in [1.807, 2.05) is 0 Å². The van der Waals surface area contributed by atoms with Gasteiger partial charge in [0, 0.05) is 16.3 Å². The zero-order valence-electron chi connectivity index (χ0n) is 9.29. The molecule has 0 saturated carbocycles. The molecule has 0 fully saturated rings. The Kier molecular flexibility index (Phi) is 4.09. The molecule has 0 unspecified atom stereocenters. The van der Waals surface area contributed by atoms with Crippen molar-refractivity contribution in [2.45, 2.75) is 10.6 Å².